The molecule has 5 rings (SSSR count). The summed E-state index contributed by atoms with van der Waals surface area (Å²) in [7, 11) is 3.21. The van der Waals surface area contributed by atoms with E-state index in [9.17, 15) is 4.79 Å². The van der Waals surface area contributed by atoms with Crippen molar-refractivity contribution in [3.8, 4) is 17.6 Å². The third-order valence-corrected chi connectivity index (χ3v) is 8.20. The van der Waals surface area contributed by atoms with Gasteiger partial charge in [0.1, 0.15) is 0 Å². The summed E-state index contributed by atoms with van der Waals surface area (Å²) in [6, 6.07) is 24.1. The fourth-order valence-corrected chi connectivity index (χ4v) is 5.72. The molecule has 0 saturated carbocycles. The lowest BCUT2D eigenvalue weighted by Gasteiger charge is -2.36. The van der Waals surface area contributed by atoms with E-state index in [4.69, 9.17) is 19.5 Å². The molecule has 2 aliphatic rings. The molecule has 0 radical (unpaired) electrons. The zero-order valence-corrected chi connectivity index (χ0v) is 24.6. The molecule has 2 heterocycles. The highest BCUT2D eigenvalue weighted by atomic mass is 16.5. The molecule has 2 aliphatic heterocycles. The quantitative estimate of drug-likeness (QED) is 0.328. The first kappa shape index (κ1) is 29.4. The first-order valence-corrected chi connectivity index (χ1v) is 14.7. The lowest BCUT2D eigenvalue weighted by Crippen LogP contribution is -2.50. The predicted molar refractivity (Wildman–Crippen MR) is 163 cm³/mol. The number of nitrogens with zero attached hydrogens (tertiary/aromatic N) is 4. The van der Waals surface area contributed by atoms with Crippen LogP contribution in [0.3, 0.4) is 0 Å². The van der Waals surface area contributed by atoms with Gasteiger partial charge in [-0.2, -0.15) is 5.26 Å². The molecule has 0 aliphatic carbocycles. The van der Waals surface area contributed by atoms with Crippen LogP contribution >= 0.6 is 0 Å². The number of amides is 1. The Morgan fingerprint density at radius 2 is 1.57 bits per heavy atom. The number of carbonyl (C=O) groups excluding carboxylic acids is 1. The summed E-state index contributed by atoms with van der Waals surface area (Å²) in [5.74, 6) is 1.41. The Labute approximate surface area is 249 Å². The van der Waals surface area contributed by atoms with E-state index in [2.05, 4.69) is 40.1 Å². The number of benzene rings is 3. The maximum Gasteiger partial charge on any atom is 0.227 e. The molecule has 220 valence electrons. The summed E-state index contributed by atoms with van der Waals surface area (Å²) >= 11 is 0. The van der Waals surface area contributed by atoms with E-state index in [1.807, 2.05) is 47.4 Å². The smallest absolute Gasteiger partial charge is 0.227 e. The number of methoxy groups -OCH3 is 2. The summed E-state index contributed by atoms with van der Waals surface area (Å²) in [6.45, 7) is 6.36. The van der Waals surface area contributed by atoms with Gasteiger partial charge in [-0.05, 0) is 65.9 Å². The molecule has 2 fully saturated rings. The van der Waals surface area contributed by atoms with Crippen molar-refractivity contribution in [3.63, 3.8) is 0 Å². The van der Waals surface area contributed by atoms with Gasteiger partial charge < -0.3 is 24.0 Å². The zero-order valence-electron chi connectivity index (χ0n) is 24.6. The SMILES string of the molecule is COc1ccc(CC(=O)N2CCN(CC(OCc3ccc(C#N)cc3)c3cccc(N4CCCC4)c3)CC2)cc1OC. The highest BCUT2D eigenvalue weighted by molar-refractivity contribution is 5.79. The van der Waals surface area contributed by atoms with Gasteiger partial charge in [0.25, 0.3) is 0 Å². The van der Waals surface area contributed by atoms with Gasteiger partial charge >= 0.3 is 0 Å². The number of rotatable bonds is 11. The highest BCUT2D eigenvalue weighted by Crippen LogP contribution is 2.29. The number of hydrogen-bond acceptors (Lipinski definition) is 7. The van der Waals surface area contributed by atoms with E-state index in [0.29, 0.717) is 43.2 Å². The van der Waals surface area contributed by atoms with Crippen LogP contribution in [0.1, 0.15) is 41.2 Å². The minimum atomic E-state index is -0.114. The van der Waals surface area contributed by atoms with Crippen molar-refractivity contribution in [2.45, 2.75) is 32.0 Å². The fraction of sp³-hybridized carbons (Fsp3) is 0.412. The summed E-state index contributed by atoms with van der Waals surface area (Å²) in [5.41, 5.74) is 5.02. The minimum Gasteiger partial charge on any atom is -0.493 e. The maximum atomic E-state index is 13.1. The lowest BCUT2D eigenvalue weighted by molar-refractivity contribution is -0.132. The van der Waals surface area contributed by atoms with Crippen molar-refractivity contribution in [2.24, 2.45) is 0 Å². The van der Waals surface area contributed by atoms with Crippen molar-refractivity contribution < 1.29 is 19.0 Å². The molecule has 8 nitrogen and oxygen atoms in total. The molecule has 1 atom stereocenters. The van der Waals surface area contributed by atoms with E-state index in [1.54, 1.807) is 14.2 Å². The summed E-state index contributed by atoms with van der Waals surface area (Å²) < 4.78 is 17.3. The standard InChI is InChI=1S/C34H40N4O4/c1-40-31-13-12-28(20-32(31)41-2)21-34(39)38-18-16-36(17-19-38)24-33(42-25-27-10-8-26(23-35)9-11-27)29-6-5-7-30(22-29)37-14-3-4-15-37/h5-13,20,22,33H,3-4,14-19,21,24-25H2,1-2H3. The fourth-order valence-electron chi connectivity index (χ4n) is 5.72. The van der Waals surface area contributed by atoms with Gasteiger partial charge in [-0.1, -0.05) is 30.3 Å². The number of nitriles is 1. The van der Waals surface area contributed by atoms with Crippen LogP contribution < -0.4 is 14.4 Å². The normalized spacial score (nSPS) is 16.2. The van der Waals surface area contributed by atoms with Crippen molar-refractivity contribution in [2.75, 3.05) is 64.9 Å². The summed E-state index contributed by atoms with van der Waals surface area (Å²) in [4.78, 5) is 19.9. The van der Waals surface area contributed by atoms with Gasteiger partial charge in [-0.25, -0.2) is 0 Å². The van der Waals surface area contributed by atoms with Crippen molar-refractivity contribution in [3.05, 3.63) is 89.0 Å². The second kappa shape index (κ2) is 14.2. The Bertz CT molecular complexity index is 1370. The second-order valence-electron chi connectivity index (χ2n) is 10.9. The molecule has 0 aromatic heterocycles. The Hall–Kier alpha value is -4.06. The van der Waals surface area contributed by atoms with E-state index in [-0.39, 0.29) is 12.0 Å². The Morgan fingerprint density at radius 1 is 0.857 bits per heavy atom. The molecule has 8 heteroatoms. The van der Waals surface area contributed by atoms with Gasteiger partial charge in [0, 0.05) is 51.5 Å². The average Bonchev–Trinajstić information content (AvgIpc) is 3.59. The number of piperazine rings is 1. The van der Waals surface area contributed by atoms with E-state index >= 15 is 0 Å². The van der Waals surface area contributed by atoms with Gasteiger partial charge in [-0.3, -0.25) is 9.69 Å². The molecule has 0 N–H and O–H groups in total. The zero-order chi connectivity index (χ0) is 29.3. The molecule has 0 bridgehead atoms. The van der Waals surface area contributed by atoms with Crippen molar-refractivity contribution >= 4 is 11.6 Å². The van der Waals surface area contributed by atoms with Crippen LogP contribution in [-0.2, 0) is 22.6 Å². The van der Waals surface area contributed by atoms with Crippen LogP contribution in [0.15, 0.2) is 66.7 Å². The van der Waals surface area contributed by atoms with Crippen molar-refractivity contribution in [1.82, 2.24) is 9.80 Å². The van der Waals surface area contributed by atoms with E-state index in [1.165, 1.54) is 24.1 Å². The molecule has 0 spiro atoms. The van der Waals surface area contributed by atoms with Crippen molar-refractivity contribution in [1.29, 1.82) is 5.26 Å². The van der Waals surface area contributed by atoms with E-state index < -0.39 is 0 Å². The Kier molecular flexibility index (Phi) is 9.96. The first-order valence-electron chi connectivity index (χ1n) is 14.7. The highest BCUT2D eigenvalue weighted by Gasteiger charge is 2.25. The second-order valence-corrected chi connectivity index (χ2v) is 10.9. The minimum absolute atomic E-state index is 0.114. The third-order valence-electron chi connectivity index (χ3n) is 8.20. The number of ether oxygens (including phenoxy) is 3. The molecule has 1 amide bonds. The summed E-state index contributed by atoms with van der Waals surface area (Å²) in [6.07, 6.45) is 2.69. The van der Waals surface area contributed by atoms with Crippen LogP contribution in [0.5, 0.6) is 11.5 Å². The van der Waals surface area contributed by atoms with E-state index in [0.717, 1.165) is 43.9 Å². The Morgan fingerprint density at radius 3 is 2.26 bits per heavy atom. The Balaban J connectivity index is 1.22. The van der Waals surface area contributed by atoms with Gasteiger partial charge in [0.05, 0.1) is 45.0 Å². The third kappa shape index (κ3) is 7.41. The predicted octanol–water partition coefficient (Wildman–Crippen LogP) is 4.82. The van der Waals surface area contributed by atoms with Crippen LogP contribution in [0.2, 0.25) is 0 Å². The van der Waals surface area contributed by atoms with Crippen LogP contribution in [-0.4, -0.2) is 75.7 Å². The largest absolute Gasteiger partial charge is 0.493 e. The first-order chi connectivity index (χ1) is 20.6. The molecule has 42 heavy (non-hydrogen) atoms. The van der Waals surface area contributed by atoms with Gasteiger partial charge in [0.15, 0.2) is 11.5 Å². The molecule has 3 aromatic rings. The van der Waals surface area contributed by atoms with Gasteiger partial charge in [-0.15, -0.1) is 0 Å². The topological polar surface area (TPSA) is 78.3 Å². The monoisotopic (exact) mass is 568 g/mol. The van der Waals surface area contributed by atoms with Crippen LogP contribution in [0.25, 0.3) is 0 Å². The van der Waals surface area contributed by atoms with Gasteiger partial charge in [0.2, 0.25) is 5.91 Å². The maximum absolute atomic E-state index is 13.1. The summed E-state index contributed by atoms with van der Waals surface area (Å²) in [5, 5.41) is 9.14. The molecular weight excluding hydrogens is 528 g/mol. The molecular formula is C34H40N4O4. The number of carbonyl (C=O) groups is 1. The molecule has 1 unspecified atom stereocenters. The molecule has 2 saturated heterocycles. The lowest BCUT2D eigenvalue weighted by atomic mass is 10.1. The molecule has 3 aromatic carbocycles. The van der Waals surface area contributed by atoms with Crippen LogP contribution in [0.4, 0.5) is 5.69 Å². The number of hydrogen-bond donors (Lipinski definition) is 0. The average molecular weight is 569 g/mol. The number of anilines is 1. The van der Waals surface area contributed by atoms with Crippen LogP contribution in [0, 0.1) is 11.3 Å².